The van der Waals surface area contributed by atoms with Crippen LogP contribution in [0.1, 0.15) is 12.0 Å². The Kier molecular flexibility index (Phi) is 3.62. The highest BCUT2D eigenvalue weighted by molar-refractivity contribution is 5.94. The summed E-state index contributed by atoms with van der Waals surface area (Å²) in [6.45, 7) is 4.78. The first-order valence-corrected chi connectivity index (χ1v) is 7.10. The van der Waals surface area contributed by atoms with Crippen LogP contribution in [0.15, 0.2) is 18.2 Å². The average Bonchev–Trinajstić information content (AvgIpc) is 2.48. The summed E-state index contributed by atoms with van der Waals surface area (Å²) in [5.41, 5.74) is 3.46. The molecule has 1 aromatic rings. The van der Waals surface area contributed by atoms with Crippen LogP contribution in [0, 0.1) is 12.3 Å². The number of terminal acetylenes is 1. The lowest BCUT2D eigenvalue weighted by molar-refractivity contribution is -0.116. The SMILES string of the molecule is C#CCN1CCN(c2ccc3c(c2)CCC(=O)N3)CC1. The number of hydrogen-bond acceptors (Lipinski definition) is 3. The number of hydrogen-bond donors (Lipinski definition) is 1. The molecule has 0 aliphatic carbocycles. The van der Waals surface area contributed by atoms with E-state index in [2.05, 4.69) is 33.2 Å². The van der Waals surface area contributed by atoms with Crippen molar-refractivity contribution in [2.75, 3.05) is 42.9 Å². The highest BCUT2D eigenvalue weighted by Crippen LogP contribution is 2.28. The van der Waals surface area contributed by atoms with Gasteiger partial charge in [0.1, 0.15) is 0 Å². The summed E-state index contributed by atoms with van der Waals surface area (Å²) in [6.07, 6.45) is 6.78. The molecule has 3 rings (SSSR count). The van der Waals surface area contributed by atoms with E-state index in [1.165, 1.54) is 11.3 Å². The first-order chi connectivity index (χ1) is 9.76. The third kappa shape index (κ3) is 2.63. The summed E-state index contributed by atoms with van der Waals surface area (Å²) in [4.78, 5) is 16.1. The molecule has 1 amide bonds. The predicted molar refractivity (Wildman–Crippen MR) is 80.9 cm³/mol. The number of benzene rings is 1. The Morgan fingerprint density at radius 3 is 2.75 bits per heavy atom. The number of carbonyl (C=O) groups is 1. The normalized spacial score (nSPS) is 19.1. The predicted octanol–water partition coefficient (Wildman–Crippen LogP) is 1.33. The maximum atomic E-state index is 11.4. The second-order valence-electron chi connectivity index (χ2n) is 5.36. The molecule has 20 heavy (non-hydrogen) atoms. The highest BCUT2D eigenvalue weighted by Gasteiger charge is 2.19. The first kappa shape index (κ1) is 13.0. The van der Waals surface area contributed by atoms with E-state index in [-0.39, 0.29) is 5.91 Å². The zero-order chi connectivity index (χ0) is 13.9. The molecular weight excluding hydrogens is 250 g/mol. The molecular formula is C16H19N3O. The quantitative estimate of drug-likeness (QED) is 0.823. The fourth-order valence-electron chi connectivity index (χ4n) is 2.86. The number of nitrogens with one attached hydrogen (secondary N) is 1. The van der Waals surface area contributed by atoms with Crippen molar-refractivity contribution in [3.8, 4) is 12.3 Å². The number of anilines is 2. The summed E-state index contributed by atoms with van der Waals surface area (Å²) in [7, 11) is 0. The Morgan fingerprint density at radius 2 is 2.00 bits per heavy atom. The number of rotatable bonds is 2. The topological polar surface area (TPSA) is 35.6 Å². The fourth-order valence-corrected chi connectivity index (χ4v) is 2.86. The largest absolute Gasteiger partial charge is 0.369 e. The Balaban J connectivity index is 1.70. The standard InChI is InChI=1S/C16H19N3O/c1-2-7-18-8-10-19(11-9-18)14-4-5-15-13(12-14)3-6-16(20)17-15/h1,4-5,12H,3,6-11H2,(H,17,20). The van der Waals surface area contributed by atoms with Crippen LogP contribution in [-0.2, 0) is 11.2 Å². The molecule has 4 heteroatoms. The number of nitrogens with zero attached hydrogens (tertiary/aromatic N) is 2. The van der Waals surface area contributed by atoms with Gasteiger partial charge in [-0.1, -0.05) is 5.92 Å². The summed E-state index contributed by atoms with van der Waals surface area (Å²) in [5, 5.41) is 2.93. The Bertz CT molecular complexity index is 553. The van der Waals surface area contributed by atoms with Crippen LogP contribution in [0.4, 0.5) is 11.4 Å². The van der Waals surface area contributed by atoms with Gasteiger partial charge in [0.25, 0.3) is 0 Å². The van der Waals surface area contributed by atoms with E-state index in [1.54, 1.807) is 0 Å². The van der Waals surface area contributed by atoms with Crippen LogP contribution in [0.5, 0.6) is 0 Å². The summed E-state index contributed by atoms with van der Waals surface area (Å²) in [5.74, 6) is 2.82. The second-order valence-corrected chi connectivity index (χ2v) is 5.36. The van der Waals surface area contributed by atoms with Gasteiger partial charge in [-0.15, -0.1) is 6.42 Å². The van der Waals surface area contributed by atoms with Gasteiger partial charge >= 0.3 is 0 Å². The number of amides is 1. The van der Waals surface area contributed by atoms with E-state index in [4.69, 9.17) is 6.42 Å². The van der Waals surface area contributed by atoms with Gasteiger partial charge in [-0.05, 0) is 30.2 Å². The second kappa shape index (κ2) is 5.56. The van der Waals surface area contributed by atoms with Crippen LogP contribution in [0.2, 0.25) is 0 Å². The summed E-state index contributed by atoms with van der Waals surface area (Å²) in [6, 6.07) is 6.34. The van der Waals surface area contributed by atoms with E-state index in [0.29, 0.717) is 6.42 Å². The zero-order valence-corrected chi connectivity index (χ0v) is 11.6. The third-order valence-corrected chi connectivity index (χ3v) is 4.04. The van der Waals surface area contributed by atoms with Crippen LogP contribution in [0.25, 0.3) is 0 Å². The van der Waals surface area contributed by atoms with Gasteiger partial charge in [0.2, 0.25) is 5.91 Å². The molecule has 1 N–H and O–H groups in total. The highest BCUT2D eigenvalue weighted by atomic mass is 16.1. The van der Waals surface area contributed by atoms with E-state index in [0.717, 1.165) is 44.8 Å². The van der Waals surface area contributed by atoms with Crippen molar-refractivity contribution in [1.82, 2.24) is 4.90 Å². The van der Waals surface area contributed by atoms with E-state index < -0.39 is 0 Å². The van der Waals surface area contributed by atoms with E-state index in [1.807, 2.05) is 6.07 Å². The number of piperazine rings is 1. The van der Waals surface area contributed by atoms with Crippen molar-refractivity contribution < 1.29 is 4.79 Å². The molecule has 1 aromatic carbocycles. The van der Waals surface area contributed by atoms with E-state index >= 15 is 0 Å². The Hall–Kier alpha value is -1.99. The average molecular weight is 269 g/mol. The van der Waals surface area contributed by atoms with Crippen LogP contribution in [-0.4, -0.2) is 43.5 Å². The van der Waals surface area contributed by atoms with Gasteiger partial charge < -0.3 is 10.2 Å². The van der Waals surface area contributed by atoms with Crippen molar-refractivity contribution in [2.24, 2.45) is 0 Å². The fraction of sp³-hybridized carbons (Fsp3) is 0.438. The lowest BCUT2D eigenvalue weighted by atomic mass is 10.0. The van der Waals surface area contributed by atoms with Crippen molar-refractivity contribution in [1.29, 1.82) is 0 Å². The molecule has 0 saturated carbocycles. The molecule has 1 saturated heterocycles. The molecule has 0 spiro atoms. The monoisotopic (exact) mass is 269 g/mol. The number of fused-ring (bicyclic) bond motifs is 1. The lowest BCUT2D eigenvalue weighted by Crippen LogP contribution is -2.46. The molecule has 0 bridgehead atoms. The maximum absolute atomic E-state index is 11.4. The third-order valence-electron chi connectivity index (χ3n) is 4.04. The van der Waals surface area contributed by atoms with Crippen LogP contribution < -0.4 is 10.2 Å². The molecule has 0 radical (unpaired) electrons. The smallest absolute Gasteiger partial charge is 0.224 e. The van der Waals surface area contributed by atoms with Gasteiger partial charge in [-0.2, -0.15) is 0 Å². The lowest BCUT2D eigenvalue weighted by Gasteiger charge is -2.35. The molecule has 0 unspecified atom stereocenters. The summed E-state index contributed by atoms with van der Waals surface area (Å²) < 4.78 is 0. The number of carbonyl (C=O) groups excluding carboxylic acids is 1. The minimum atomic E-state index is 0.119. The van der Waals surface area contributed by atoms with Gasteiger partial charge in [0.05, 0.1) is 6.54 Å². The van der Waals surface area contributed by atoms with Crippen molar-refractivity contribution >= 4 is 17.3 Å². The van der Waals surface area contributed by atoms with Crippen LogP contribution in [0.3, 0.4) is 0 Å². The van der Waals surface area contributed by atoms with Gasteiger partial charge in [0.15, 0.2) is 0 Å². The molecule has 0 atom stereocenters. The molecule has 1 fully saturated rings. The summed E-state index contributed by atoms with van der Waals surface area (Å²) >= 11 is 0. The Morgan fingerprint density at radius 1 is 1.20 bits per heavy atom. The van der Waals surface area contributed by atoms with Gasteiger partial charge in [-0.3, -0.25) is 9.69 Å². The number of aryl methyl sites for hydroxylation is 1. The minimum Gasteiger partial charge on any atom is -0.369 e. The molecule has 2 heterocycles. The molecule has 2 aliphatic heterocycles. The zero-order valence-electron chi connectivity index (χ0n) is 11.6. The van der Waals surface area contributed by atoms with Gasteiger partial charge in [0, 0.05) is 44.0 Å². The van der Waals surface area contributed by atoms with Crippen molar-refractivity contribution in [3.63, 3.8) is 0 Å². The van der Waals surface area contributed by atoms with Crippen molar-refractivity contribution in [2.45, 2.75) is 12.8 Å². The molecule has 104 valence electrons. The van der Waals surface area contributed by atoms with E-state index in [9.17, 15) is 4.79 Å². The maximum Gasteiger partial charge on any atom is 0.224 e. The van der Waals surface area contributed by atoms with Gasteiger partial charge in [-0.25, -0.2) is 0 Å². The minimum absolute atomic E-state index is 0.119. The van der Waals surface area contributed by atoms with Crippen LogP contribution >= 0.6 is 0 Å². The Labute approximate surface area is 119 Å². The molecule has 4 nitrogen and oxygen atoms in total. The molecule has 2 aliphatic rings. The molecule has 0 aromatic heterocycles. The van der Waals surface area contributed by atoms with Crippen molar-refractivity contribution in [3.05, 3.63) is 23.8 Å². The first-order valence-electron chi connectivity index (χ1n) is 7.10.